The first kappa shape index (κ1) is 18.0. The van der Waals surface area contributed by atoms with Crippen LogP contribution >= 0.6 is 0 Å². The van der Waals surface area contributed by atoms with Crippen LogP contribution in [0.25, 0.3) is 0 Å². The lowest BCUT2D eigenvalue weighted by molar-refractivity contribution is -0.179. The number of hydrogen-bond acceptors (Lipinski definition) is 6. The summed E-state index contributed by atoms with van der Waals surface area (Å²) in [7, 11) is 0. The monoisotopic (exact) mass is 371 g/mol. The third-order valence-corrected chi connectivity index (χ3v) is 6.17. The molecule has 2 aliphatic carbocycles. The van der Waals surface area contributed by atoms with Gasteiger partial charge in [-0.15, -0.1) is 0 Å². The van der Waals surface area contributed by atoms with Crippen molar-refractivity contribution in [2.45, 2.75) is 45.1 Å². The quantitative estimate of drug-likeness (QED) is 0.587. The van der Waals surface area contributed by atoms with E-state index in [0.29, 0.717) is 0 Å². The van der Waals surface area contributed by atoms with Crippen LogP contribution in [-0.4, -0.2) is 37.0 Å². The zero-order valence-corrected chi connectivity index (χ0v) is 15.7. The fourth-order valence-corrected chi connectivity index (χ4v) is 5.27. The summed E-state index contributed by atoms with van der Waals surface area (Å²) in [5.74, 6) is -1.78. The molecular formula is C21H25NO5. The minimum atomic E-state index is -1.40. The van der Waals surface area contributed by atoms with Crippen LogP contribution < -0.4 is 0 Å². The van der Waals surface area contributed by atoms with Crippen LogP contribution in [0.5, 0.6) is 0 Å². The minimum Gasteiger partial charge on any atom is -0.465 e. The Kier molecular flexibility index (Phi) is 4.66. The maximum absolute atomic E-state index is 13.4. The molecule has 0 saturated heterocycles. The van der Waals surface area contributed by atoms with Crippen molar-refractivity contribution in [3.63, 3.8) is 0 Å². The molecule has 0 amide bonds. The Morgan fingerprint density at radius 1 is 1.11 bits per heavy atom. The number of carbonyl (C=O) groups excluding carboxylic acids is 2. The summed E-state index contributed by atoms with van der Waals surface area (Å²) < 4.78 is 10.9. The van der Waals surface area contributed by atoms with Crippen molar-refractivity contribution in [1.29, 1.82) is 0 Å². The van der Waals surface area contributed by atoms with E-state index in [4.69, 9.17) is 14.3 Å². The van der Waals surface area contributed by atoms with Gasteiger partial charge in [-0.2, -0.15) is 0 Å². The number of nitrogens with zero attached hydrogens (tertiary/aromatic N) is 1. The first-order valence-electron chi connectivity index (χ1n) is 9.79. The first-order valence-corrected chi connectivity index (χ1v) is 9.79. The van der Waals surface area contributed by atoms with Crippen LogP contribution in [0.1, 0.15) is 44.6 Å². The van der Waals surface area contributed by atoms with Gasteiger partial charge in [0.2, 0.25) is 0 Å². The van der Waals surface area contributed by atoms with Gasteiger partial charge in [0.1, 0.15) is 6.10 Å². The Hall–Kier alpha value is -2.37. The van der Waals surface area contributed by atoms with Gasteiger partial charge in [0.15, 0.2) is 5.41 Å². The fraction of sp³-hybridized carbons (Fsp3) is 0.571. The molecule has 4 atom stereocenters. The van der Waals surface area contributed by atoms with E-state index in [1.54, 1.807) is 13.8 Å². The smallest absolute Gasteiger partial charge is 0.324 e. The summed E-state index contributed by atoms with van der Waals surface area (Å²) in [6.45, 7) is 3.94. The highest BCUT2D eigenvalue weighted by atomic mass is 16.6. The molecular weight excluding hydrogens is 346 g/mol. The molecule has 0 radical (unpaired) electrons. The molecule has 144 valence electrons. The molecule has 2 fully saturated rings. The summed E-state index contributed by atoms with van der Waals surface area (Å²) in [4.78, 5) is 32.5. The molecule has 0 aromatic heterocycles. The number of oxime groups is 1. The SMILES string of the molecule is CCOC(=O)C1(C(=O)OCC)[C@@H](c2ccccc2)C2=NO[C@H]3CCC[C@@H]1[C@@H]23. The van der Waals surface area contributed by atoms with Crippen molar-refractivity contribution >= 4 is 17.7 Å². The number of esters is 2. The van der Waals surface area contributed by atoms with Gasteiger partial charge in [0.05, 0.1) is 24.8 Å². The summed E-state index contributed by atoms with van der Waals surface area (Å²) in [5, 5.41) is 4.38. The van der Waals surface area contributed by atoms with Gasteiger partial charge in [0, 0.05) is 5.92 Å². The molecule has 1 aliphatic heterocycles. The molecule has 1 aromatic carbocycles. The lowest BCUT2D eigenvalue weighted by Crippen LogP contribution is -2.51. The van der Waals surface area contributed by atoms with Crippen molar-refractivity contribution in [3.05, 3.63) is 35.9 Å². The van der Waals surface area contributed by atoms with Crippen LogP contribution in [0.3, 0.4) is 0 Å². The van der Waals surface area contributed by atoms with E-state index in [2.05, 4.69) is 5.16 Å². The highest BCUT2D eigenvalue weighted by Crippen LogP contribution is 2.62. The number of rotatable bonds is 5. The predicted octanol–water partition coefficient (Wildman–Crippen LogP) is 3.07. The molecule has 0 unspecified atom stereocenters. The second-order valence-electron chi connectivity index (χ2n) is 7.38. The van der Waals surface area contributed by atoms with Gasteiger partial charge in [-0.3, -0.25) is 9.59 Å². The molecule has 4 rings (SSSR count). The van der Waals surface area contributed by atoms with Gasteiger partial charge in [-0.25, -0.2) is 0 Å². The van der Waals surface area contributed by atoms with E-state index in [1.165, 1.54) is 0 Å². The van der Waals surface area contributed by atoms with E-state index in [0.717, 1.165) is 30.5 Å². The molecule has 0 N–H and O–H groups in total. The van der Waals surface area contributed by atoms with E-state index in [9.17, 15) is 9.59 Å². The highest BCUT2D eigenvalue weighted by Gasteiger charge is 2.72. The van der Waals surface area contributed by atoms with E-state index >= 15 is 0 Å². The van der Waals surface area contributed by atoms with Crippen LogP contribution in [-0.2, 0) is 23.9 Å². The van der Waals surface area contributed by atoms with Crippen LogP contribution in [0.15, 0.2) is 35.5 Å². The fourth-order valence-electron chi connectivity index (χ4n) is 5.27. The molecule has 3 aliphatic rings. The highest BCUT2D eigenvalue weighted by molar-refractivity contribution is 6.13. The van der Waals surface area contributed by atoms with E-state index in [1.807, 2.05) is 30.3 Å². The normalized spacial score (nSPS) is 30.1. The topological polar surface area (TPSA) is 74.2 Å². The first-order chi connectivity index (χ1) is 13.2. The average Bonchev–Trinajstić information content (AvgIpc) is 3.24. The van der Waals surface area contributed by atoms with Crippen molar-refractivity contribution in [1.82, 2.24) is 0 Å². The Labute approximate surface area is 158 Å². The standard InChI is InChI=1S/C21H25NO5/c1-3-25-19(23)21(20(24)26-4-2)14-11-8-12-15-16(14)18(22-27-15)17(21)13-9-6-5-7-10-13/h5-7,9-10,14-17H,3-4,8,11-12H2,1-2H3/t14-,15+,16-,17+/m1/s1. The number of carbonyl (C=O) groups is 2. The van der Waals surface area contributed by atoms with Gasteiger partial charge in [-0.1, -0.05) is 35.5 Å². The number of benzene rings is 1. The average molecular weight is 371 g/mol. The van der Waals surface area contributed by atoms with Crippen molar-refractivity contribution < 1.29 is 23.9 Å². The Balaban J connectivity index is 1.93. The van der Waals surface area contributed by atoms with E-state index < -0.39 is 23.3 Å². The molecule has 0 bridgehead atoms. The van der Waals surface area contributed by atoms with Gasteiger partial charge in [-0.05, 0) is 44.6 Å². The van der Waals surface area contributed by atoms with Gasteiger partial charge >= 0.3 is 11.9 Å². The molecule has 2 saturated carbocycles. The van der Waals surface area contributed by atoms with Crippen LogP contribution in [0.4, 0.5) is 0 Å². The molecule has 6 heteroatoms. The van der Waals surface area contributed by atoms with Crippen LogP contribution in [0.2, 0.25) is 0 Å². The molecule has 6 nitrogen and oxygen atoms in total. The molecule has 0 spiro atoms. The summed E-state index contributed by atoms with van der Waals surface area (Å²) in [5.41, 5.74) is 0.257. The summed E-state index contributed by atoms with van der Waals surface area (Å²) >= 11 is 0. The van der Waals surface area contributed by atoms with Crippen molar-refractivity contribution in [2.75, 3.05) is 13.2 Å². The molecule has 1 heterocycles. The number of hydrogen-bond donors (Lipinski definition) is 0. The lowest BCUT2D eigenvalue weighted by Gasteiger charge is -2.38. The Bertz CT molecular complexity index is 741. The van der Waals surface area contributed by atoms with Crippen molar-refractivity contribution in [3.8, 4) is 0 Å². The zero-order valence-electron chi connectivity index (χ0n) is 15.7. The van der Waals surface area contributed by atoms with Gasteiger partial charge in [0.25, 0.3) is 0 Å². The summed E-state index contributed by atoms with van der Waals surface area (Å²) in [6.07, 6.45) is 2.45. The van der Waals surface area contributed by atoms with E-state index in [-0.39, 0.29) is 31.2 Å². The molecule has 27 heavy (non-hydrogen) atoms. The Morgan fingerprint density at radius 2 is 1.78 bits per heavy atom. The maximum atomic E-state index is 13.4. The molecule has 1 aromatic rings. The largest absolute Gasteiger partial charge is 0.465 e. The van der Waals surface area contributed by atoms with Gasteiger partial charge < -0.3 is 14.3 Å². The maximum Gasteiger partial charge on any atom is 0.324 e. The zero-order chi connectivity index (χ0) is 19.0. The predicted molar refractivity (Wildman–Crippen MR) is 98.0 cm³/mol. The third kappa shape index (κ3) is 2.49. The summed E-state index contributed by atoms with van der Waals surface area (Å²) in [6, 6.07) is 9.60. The third-order valence-electron chi connectivity index (χ3n) is 6.17. The second-order valence-corrected chi connectivity index (χ2v) is 7.38. The second kappa shape index (κ2) is 6.98. The van der Waals surface area contributed by atoms with Crippen LogP contribution in [0, 0.1) is 17.3 Å². The van der Waals surface area contributed by atoms with Crippen molar-refractivity contribution in [2.24, 2.45) is 22.4 Å². The lowest BCUT2D eigenvalue weighted by atomic mass is 9.65. The number of ether oxygens (including phenoxy) is 2. The minimum absolute atomic E-state index is 0.0437. The Morgan fingerprint density at radius 3 is 2.41 bits per heavy atom.